The fraction of sp³-hybridized carbons (Fsp3) is 0.923. The standard InChI is InChI=1S/C13H32N2O3SSi2/c1-7-16-21(17-8-2,18-9-3)12-10-11-15(13(14)19)20(4,5)6/h7-12H2,1-6H3,(H2,14,19). The molecule has 8 heteroatoms. The molecule has 0 fully saturated rings. The van der Waals surface area contributed by atoms with Crippen LogP contribution >= 0.6 is 12.2 Å². The second-order valence-corrected chi connectivity index (χ2v) is 13.8. The van der Waals surface area contributed by atoms with Crippen molar-refractivity contribution in [2.45, 2.75) is 52.9 Å². The molecular weight excluding hydrogens is 320 g/mol. The molecule has 0 unspecified atom stereocenters. The summed E-state index contributed by atoms with van der Waals surface area (Å²) in [6.45, 7) is 15.3. The minimum atomic E-state index is -2.55. The van der Waals surface area contributed by atoms with Crippen LogP contribution in [0.4, 0.5) is 0 Å². The maximum absolute atomic E-state index is 5.86. The molecule has 0 rings (SSSR count). The molecule has 0 aromatic heterocycles. The summed E-state index contributed by atoms with van der Waals surface area (Å²) >= 11 is 5.18. The van der Waals surface area contributed by atoms with Gasteiger partial charge in [0.15, 0.2) is 5.11 Å². The van der Waals surface area contributed by atoms with Gasteiger partial charge in [-0.2, -0.15) is 0 Å². The topological polar surface area (TPSA) is 57.0 Å². The van der Waals surface area contributed by atoms with Gasteiger partial charge in [0.2, 0.25) is 0 Å². The number of hydrogen-bond acceptors (Lipinski definition) is 4. The highest BCUT2D eigenvalue weighted by molar-refractivity contribution is 7.80. The Morgan fingerprint density at radius 3 is 1.71 bits per heavy atom. The largest absolute Gasteiger partial charge is 0.500 e. The molecule has 2 N–H and O–H groups in total. The van der Waals surface area contributed by atoms with Crippen LogP contribution in [0, 0.1) is 0 Å². The van der Waals surface area contributed by atoms with Crippen LogP contribution < -0.4 is 5.73 Å². The van der Waals surface area contributed by atoms with Gasteiger partial charge in [0.1, 0.15) is 8.24 Å². The van der Waals surface area contributed by atoms with Crippen LogP contribution in [0.5, 0.6) is 0 Å². The summed E-state index contributed by atoms with van der Waals surface area (Å²) in [4.78, 5) is 0. The zero-order valence-corrected chi connectivity index (χ0v) is 17.2. The Labute approximate surface area is 137 Å². The summed E-state index contributed by atoms with van der Waals surface area (Å²) in [5.74, 6) is 0. The second-order valence-electron chi connectivity index (χ2n) is 5.75. The van der Waals surface area contributed by atoms with E-state index in [0.717, 1.165) is 19.0 Å². The van der Waals surface area contributed by atoms with E-state index >= 15 is 0 Å². The van der Waals surface area contributed by atoms with Gasteiger partial charge in [0.25, 0.3) is 0 Å². The molecule has 5 nitrogen and oxygen atoms in total. The van der Waals surface area contributed by atoms with Crippen molar-refractivity contribution in [3.8, 4) is 0 Å². The molecule has 0 amide bonds. The van der Waals surface area contributed by atoms with E-state index in [2.05, 4.69) is 24.2 Å². The van der Waals surface area contributed by atoms with E-state index in [1.54, 1.807) is 0 Å². The summed E-state index contributed by atoms with van der Waals surface area (Å²) in [6, 6.07) is 0.798. The Morgan fingerprint density at radius 2 is 1.43 bits per heavy atom. The van der Waals surface area contributed by atoms with Crippen LogP contribution in [-0.4, -0.2) is 53.1 Å². The minimum absolute atomic E-state index is 0.491. The molecule has 0 saturated heterocycles. The van der Waals surface area contributed by atoms with Gasteiger partial charge in [-0.15, -0.1) is 0 Å². The van der Waals surface area contributed by atoms with E-state index in [1.807, 2.05) is 20.8 Å². The lowest BCUT2D eigenvalue weighted by Crippen LogP contribution is -2.53. The molecule has 126 valence electrons. The monoisotopic (exact) mass is 352 g/mol. The van der Waals surface area contributed by atoms with Crippen molar-refractivity contribution in [1.29, 1.82) is 0 Å². The third-order valence-corrected chi connectivity index (χ3v) is 8.65. The second kappa shape index (κ2) is 9.91. The molecule has 0 atom stereocenters. The molecule has 0 saturated carbocycles. The predicted octanol–water partition coefficient (Wildman–Crippen LogP) is 2.81. The Hall–Kier alpha value is 0.00377. The molecule has 0 aromatic carbocycles. The van der Waals surface area contributed by atoms with E-state index in [0.29, 0.717) is 24.9 Å². The van der Waals surface area contributed by atoms with Crippen molar-refractivity contribution in [1.82, 2.24) is 4.57 Å². The fourth-order valence-corrected chi connectivity index (χ4v) is 7.23. The lowest BCUT2D eigenvalue weighted by Gasteiger charge is -2.36. The van der Waals surface area contributed by atoms with E-state index in [4.69, 9.17) is 31.2 Å². The number of rotatable bonds is 11. The van der Waals surface area contributed by atoms with Gasteiger partial charge in [-0.05, 0) is 39.4 Å². The number of nitrogens with two attached hydrogens (primary N) is 1. The highest BCUT2D eigenvalue weighted by atomic mass is 32.1. The smallest absolute Gasteiger partial charge is 0.377 e. The molecule has 0 spiro atoms. The molecule has 0 heterocycles. The first-order valence-corrected chi connectivity index (χ1v) is 13.5. The lowest BCUT2D eigenvalue weighted by molar-refractivity contribution is 0.0706. The summed E-state index contributed by atoms with van der Waals surface area (Å²) in [5, 5.41) is 0.491. The quantitative estimate of drug-likeness (QED) is 0.456. The zero-order valence-electron chi connectivity index (χ0n) is 14.4. The third-order valence-electron chi connectivity index (χ3n) is 3.03. The highest BCUT2D eigenvalue weighted by Gasteiger charge is 2.40. The average molecular weight is 353 g/mol. The van der Waals surface area contributed by atoms with E-state index in [-0.39, 0.29) is 0 Å². The van der Waals surface area contributed by atoms with E-state index in [1.165, 1.54) is 0 Å². The van der Waals surface area contributed by atoms with Crippen LogP contribution in [0.2, 0.25) is 25.7 Å². The van der Waals surface area contributed by atoms with Crippen LogP contribution in [0.15, 0.2) is 0 Å². The molecule has 0 radical (unpaired) electrons. The summed E-state index contributed by atoms with van der Waals surface area (Å²) in [6.07, 6.45) is 0.911. The van der Waals surface area contributed by atoms with Gasteiger partial charge in [0.05, 0.1) is 0 Å². The normalized spacial score (nSPS) is 12.5. The molecule has 0 aliphatic carbocycles. The number of nitrogens with zero attached hydrogens (tertiary/aromatic N) is 1. The SMILES string of the molecule is CCO[Si](CCCN(C(N)=S)[Si](C)(C)C)(OCC)OCC. The Bertz CT molecular complexity index is 297. The molecule has 0 aliphatic heterocycles. The van der Waals surface area contributed by atoms with E-state index in [9.17, 15) is 0 Å². The molecular formula is C13H32N2O3SSi2. The predicted molar refractivity (Wildman–Crippen MR) is 96.9 cm³/mol. The van der Waals surface area contributed by atoms with Crippen LogP contribution in [0.25, 0.3) is 0 Å². The molecule has 21 heavy (non-hydrogen) atoms. The number of hydrogen-bond donors (Lipinski definition) is 1. The minimum Gasteiger partial charge on any atom is -0.377 e. The van der Waals surface area contributed by atoms with Crippen molar-refractivity contribution < 1.29 is 13.3 Å². The van der Waals surface area contributed by atoms with Gasteiger partial charge in [0, 0.05) is 32.4 Å². The van der Waals surface area contributed by atoms with Gasteiger partial charge in [-0.1, -0.05) is 19.6 Å². The zero-order chi connectivity index (χ0) is 16.5. The molecule has 0 bridgehead atoms. The third kappa shape index (κ3) is 7.71. The van der Waals surface area contributed by atoms with Crippen LogP contribution in [0.3, 0.4) is 0 Å². The summed E-state index contributed by atoms with van der Waals surface area (Å²) in [5.41, 5.74) is 5.86. The first-order valence-electron chi connectivity index (χ1n) is 7.71. The van der Waals surface area contributed by atoms with Crippen LogP contribution in [-0.2, 0) is 13.3 Å². The first kappa shape index (κ1) is 21.0. The van der Waals surface area contributed by atoms with Gasteiger partial charge >= 0.3 is 8.80 Å². The maximum Gasteiger partial charge on any atom is 0.500 e. The van der Waals surface area contributed by atoms with Crippen molar-refractivity contribution in [3.63, 3.8) is 0 Å². The average Bonchev–Trinajstić information content (AvgIpc) is 2.33. The fourth-order valence-electron chi connectivity index (χ4n) is 2.23. The first-order chi connectivity index (χ1) is 9.72. The van der Waals surface area contributed by atoms with E-state index < -0.39 is 17.0 Å². The maximum atomic E-state index is 5.86. The van der Waals surface area contributed by atoms with Crippen LogP contribution in [0.1, 0.15) is 27.2 Å². The number of thiocarbonyl (C=S) groups is 1. The van der Waals surface area contributed by atoms with Crippen molar-refractivity contribution in [2.75, 3.05) is 26.4 Å². The Morgan fingerprint density at radius 1 is 1.00 bits per heavy atom. The Balaban J connectivity index is 4.69. The molecule has 0 aliphatic rings. The summed E-state index contributed by atoms with van der Waals surface area (Å²) < 4.78 is 19.8. The summed E-state index contributed by atoms with van der Waals surface area (Å²) in [7, 11) is -4.09. The highest BCUT2D eigenvalue weighted by Crippen LogP contribution is 2.20. The Kier molecular flexibility index (Phi) is 9.91. The van der Waals surface area contributed by atoms with Gasteiger partial charge in [-0.25, -0.2) is 0 Å². The van der Waals surface area contributed by atoms with Crippen molar-refractivity contribution in [3.05, 3.63) is 0 Å². The van der Waals surface area contributed by atoms with Gasteiger partial charge < -0.3 is 23.6 Å². The molecule has 0 aromatic rings. The van der Waals surface area contributed by atoms with Gasteiger partial charge in [-0.3, -0.25) is 0 Å². The van der Waals surface area contributed by atoms with Crippen molar-refractivity contribution >= 4 is 34.4 Å². The van der Waals surface area contributed by atoms with Crippen molar-refractivity contribution in [2.24, 2.45) is 5.73 Å². The lowest BCUT2D eigenvalue weighted by atomic mass is 10.5.